The summed E-state index contributed by atoms with van der Waals surface area (Å²) in [5.41, 5.74) is 3.44. The van der Waals surface area contributed by atoms with Gasteiger partial charge in [-0.05, 0) is 42.8 Å². The Bertz CT molecular complexity index is 713. The Kier molecular flexibility index (Phi) is 5.57. The van der Waals surface area contributed by atoms with E-state index >= 15 is 0 Å². The standard InChI is InChI=1S/C17H18N2O4/c1-3-23-16-9-8-12(10-14(16)20)11-18-19-17(21)13-6-4-5-7-15(13)22-2/h4-11,20H,3H2,1-2H3,(H,19,21)/b18-11+. The monoisotopic (exact) mass is 314 g/mol. The number of rotatable bonds is 6. The van der Waals surface area contributed by atoms with E-state index in [9.17, 15) is 9.90 Å². The summed E-state index contributed by atoms with van der Waals surface area (Å²) < 4.78 is 10.4. The van der Waals surface area contributed by atoms with Gasteiger partial charge in [0.1, 0.15) is 5.75 Å². The Labute approximate surface area is 134 Å². The first kappa shape index (κ1) is 16.4. The van der Waals surface area contributed by atoms with E-state index in [-0.39, 0.29) is 11.7 Å². The number of phenols is 1. The first-order valence-electron chi connectivity index (χ1n) is 7.08. The highest BCUT2D eigenvalue weighted by Gasteiger charge is 2.10. The molecule has 0 saturated heterocycles. The molecule has 0 saturated carbocycles. The third kappa shape index (κ3) is 4.23. The van der Waals surface area contributed by atoms with Gasteiger partial charge in [0.15, 0.2) is 11.5 Å². The van der Waals surface area contributed by atoms with Gasteiger partial charge in [-0.2, -0.15) is 5.10 Å². The average molecular weight is 314 g/mol. The number of nitrogens with zero attached hydrogens (tertiary/aromatic N) is 1. The van der Waals surface area contributed by atoms with Crippen LogP contribution in [0.2, 0.25) is 0 Å². The number of carbonyl (C=O) groups excluding carboxylic acids is 1. The van der Waals surface area contributed by atoms with Crippen LogP contribution in [0, 0.1) is 0 Å². The van der Waals surface area contributed by atoms with Crippen molar-refractivity contribution in [2.24, 2.45) is 5.10 Å². The van der Waals surface area contributed by atoms with E-state index in [4.69, 9.17) is 9.47 Å². The van der Waals surface area contributed by atoms with Gasteiger partial charge in [0.25, 0.3) is 5.91 Å². The Hall–Kier alpha value is -3.02. The predicted octanol–water partition coefficient (Wildman–Crippen LogP) is 2.56. The van der Waals surface area contributed by atoms with Crippen molar-refractivity contribution >= 4 is 12.1 Å². The molecule has 0 aliphatic heterocycles. The first-order chi connectivity index (χ1) is 11.2. The summed E-state index contributed by atoms with van der Waals surface area (Å²) in [6, 6.07) is 11.7. The number of ether oxygens (including phenoxy) is 2. The highest BCUT2D eigenvalue weighted by atomic mass is 16.5. The molecule has 2 aromatic carbocycles. The summed E-state index contributed by atoms with van der Waals surface area (Å²) in [5.74, 6) is 0.516. The van der Waals surface area contributed by atoms with E-state index in [1.165, 1.54) is 19.4 Å². The van der Waals surface area contributed by atoms with E-state index in [2.05, 4.69) is 10.5 Å². The van der Waals surface area contributed by atoms with Crippen molar-refractivity contribution in [1.29, 1.82) is 0 Å². The normalized spacial score (nSPS) is 10.5. The Morgan fingerprint density at radius 2 is 2.04 bits per heavy atom. The van der Waals surface area contributed by atoms with Crippen molar-refractivity contribution < 1.29 is 19.4 Å². The van der Waals surface area contributed by atoms with Gasteiger partial charge in [-0.1, -0.05) is 12.1 Å². The van der Waals surface area contributed by atoms with Crippen LogP contribution in [0.3, 0.4) is 0 Å². The molecule has 0 fully saturated rings. The molecule has 2 aromatic rings. The smallest absolute Gasteiger partial charge is 0.275 e. The van der Waals surface area contributed by atoms with Crippen molar-refractivity contribution in [3.05, 3.63) is 53.6 Å². The van der Waals surface area contributed by atoms with Crippen LogP contribution in [-0.4, -0.2) is 30.9 Å². The molecule has 23 heavy (non-hydrogen) atoms. The van der Waals surface area contributed by atoms with Gasteiger partial charge in [0.2, 0.25) is 0 Å². The second kappa shape index (κ2) is 7.84. The summed E-state index contributed by atoms with van der Waals surface area (Å²) in [6.07, 6.45) is 1.43. The fourth-order valence-electron chi connectivity index (χ4n) is 1.95. The molecule has 2 N–H and O–H groups in total. The molecule has 0 aliphatic carbocycles. The predicted molar refractivity (Wildman–Crippen MR) is 87.3 cm³/mol. The lowest BCUT2D eigenvalue weighted by Crippen LogP contribution is -2.18. The number of methoxy groups -OCH3 is 1. The molecule has 2 rings (SSSR count). The summed E-state index contributed by atoms with van der Waals surface area (Å²) in [5, 5.41) is 13.7. The van der Waals surface area contributed by atoms with Crippen LogP contribution in [0.4, 0.5) is 0 Å². The van der Waals surface area contributed by atoms with Gasteiger partial charge >= 0.3 is 0 Å². The molecule has 120 valence electrons. The molecule has 0 aromatic heterocycles. The van der Waals surface area contributed by atoms with E-state index in [0.29, 0.717) is 29.2 Å². The molecular formula is C17H18N2O4. The fourth-order valence-corrected chi connectivity index (χ4v) is 1.95. The number of para-hydroxylation sites is 1. The van der Waals surface area contributed by atoms with E-state index in [1.54, 1.807) is 36.4 Å². The molecule has 0 unspecified atom stereocenters. The molecular weight excluding hydrogens is 296 g/mol. The SMILES string of the molecule is CCOc1ccc(/C=N/NC(=O)c2ccccc2OC)cc1O. The van der Waals surface area contributed by atoms with Crippen LogP contribution < -0.4 is 14.9 Å². The molecule has 0 radical (unpaired) electrons. The number of nitrogens with one attached hydrogen (secondary N) is 1. The van der Waals surface area contributed by atoms with Gasteiger partial charge in [-0.3, -0.25) is 4.79 Å². The molecule has 1 amide bonds. The number of hydrazone groups is 1. The molecule has 0 bridgehead atoms. The van der Waals surface area contributed by atoms with Crippen molar-refractivity contribution in [2.45, 2.75) is 6.92 Å². The topological polar surface area (TPSA) is 80.2 Å². The molecule has 0 heterocycles. The third-order valence-electron chi connectivity index (χ3n) is 3.01. The number of hydrogen-bond donors (Lipinski definition) is 2. The van der Waals surface area contributed by atoms with Crippen LogP contribution in [0.5, 0.6) is 17.2 Å². The largest absolute Gasteiger partial charge is 0.504 e. The van der Waals surface area contributed by atoms with Crippen LogP contribution >= 0.6 is 0 Å². The minimum Gasteiger partial charge on any atom is -0.504 e. The highest BCUT2D eigenvalue weighted by Crippen LogP contribution is 2.26. The van der Waals surface area contributed by atoms with Crippen molar-refractivity contribution in [3.8, 4) is 17.2 Å². The molecule has 0 spiro atoms. The molecule has 6 heteroatoms. The number of benzene rings is 2. The molecule has 0 aliphatic rings. The maximum Gasteiger partial charge on any atom is 0.275 e. The minimum atomic E-state index is -0.381. The first-order valence-corrected chi connectivity index (χ1v) is 7.08. The quantitative estimate of drug-likeness (QED) is 0.634. The zero-order valence-electron chi connectivity index (χ0n) is 12.9. The number of amides is 1. The number of hydrogen-bond acceptors (Lipinski definition) is 5. The second-order valence-corrected chi connectivity index (χ2v) is 4.56. The maximum absolute atomic E-state index is 12.0. The Balaban J connectivity index is 2.04. The van der Waals surface area contributed by atoms with Gasteiger partial charge in [0.05, 0.1) is 25.5 Å². The van der Waals surface area contributed by atoms with Crippen molar-refractivity contribution in [2.75, 3.05) is 13.7 Å². The lowest BCUT2D eigenvalue weighted by atomic mass is 10.2. The zero-order valence-corrected chi connectivity index (χ0v) is 12.9. The van der Waals surface area contributed by atoms with E-state index in [0.717, 1.165) is 0 Å². The fraction of sp³-hybridized carbons (Fsp3) is 0.176. The van der Waals surface area contributed by atoms with Gasteiger partial charge < -0.3 is 14.6 Å². The number of phenolic OH excluding ortho intramolecular Hbond substituents is 1. The lowest BCUT2D eigenvalue weighted by molar-refractivity contribution is 0.0952. The molecule has 6 nitrogen and oxygen atoms in total. The van der Waals surface area contributed by atoms with Crippen molar-refractivity contribution in [1.82, 2.24) is 5.43 Å². The van der Waals surface area contributed by atoms with Gasteiger partial charge in [0, 0.05) is 0 Å². The third-order valence-corrected chi connectivity index (χ3v) is 3.01. The summed E-state index contributed by atoms with van der Waals surface area (Å²) in [7, 11) is 1.50. The lowest BCUT2D eigenvalue weighted by Gasteiger charge is -2.06. The minimum absolute atomic E-state index is 0.0202. The van der Waals surface area contributed by atoms with Crippen LogP contribution in [-0.2, 0) is 0 Å². The Morgan fingerprint density at radius 3 is 2.74 bits per heavy atom. The average Bonchev–Trinajstić information content (AvgIpc) is 2.57. The van der Waals surface area contributed by atoms with E-state index in [1.807, 2.05) is 6.92 Å². The zero-order chi connectivity index (χ0) is 16.7. The van der Waals surface area contributed by atoms with Crippen LogP contribution in [0.15, 0.2) is 47.6 Å². The highest BCUT2D eigenvalue weighted by molar-refractivity contribution is 5.97. The maximum atomic E-state index is 12.0. The van der Waals surface area contributed by atoms with E-state index < -0.39 is 0 Å². The van der Waals surface area contributed by atoms with Crippen LogP contribution in [0.25, 0.3) is 0 Å². The van der Waals surface area contributed by atoms with Gasteiger partial charge in [-0.25, -0.2) is 5.43 Å². The second-order valence-electron chi connectivity index (χ2n) is 4.56. The summed E-state index contributed by atoms with van der Waals surface area (Å²) in [4.78, 5) is 12.0. The number of carbonyl (C=O) groups is 1. The summed E-state index contributed by atoms with van der Waals surface area (Å²) >= 11 is 0. The van der Waals surface area contributed by atoms with Crippen LogP contribution in [0.1, 0.15) is 22.8 Å². The van der Waals surface area contributed by atoms with Crippen molar-refractivity contribution in [3.63, 3.8) is 0 Å². The molecule has 0 atom stereocenters. The van der Waals surface area contributed by atoms with Gasteiger partial charge in [-0.15, -0.1) is 0 Å². The summed E-state index contributed by atoms with van der Waals surface area (Å²) in [6.45, 7) is 2.30. The number of aromatic hydroxyl groups is 1. The Morgan fingerprint density at radius 1 is 1.26 bits per heavy atom.